The molecule has 0 aliphatic rings. The molecular weight excluding hydrogens is 164 g/mol. The summed E-state index contributed by atoms with van der Waals surface area (Å²) in [7, 11) is -3.02. The Morgan fingerprint density at radius 3 is 2.64 bits per heavy atom. The van der Waals surface area contributed by atoms with Crippen molar-refractivity contribution < 1.29 is 13.2 Å². The Hall–Kier alpha value is -0.350. The van der Waals surface area contributed by atoms with Crippen LogP contribution in [0.2, 0.25) is 0 Å². The molecule has 0 heterocycles. The summed E-state index contributed by atoms with van der Waals surface area (Å²) >= 11 is 0. The van der Waals surface area contributed by atoms with Gasteiger partial charge in [0, 0.05) is 18.6 Å². The molecular formula is C7H14O3S. The van der Waals surface area contributed by atoms with Gasteiger partial charge in [0.25, 0.3) is 0 Å². The van der Waals surface area contributed by atoms with Crippen LogP contribution in [0.4, 0.5) is 0 Å². The molecule has 0 aromatic rings. The van der Waals surface area contributed by atoms with Crippen LogP contribution in [0.3, 0.4) is 0 Å². The van der Waals surface area contributed by atoms with Crippen LogP contribution >= 0.6 is 0 Å². The largest absolute Gasteiger partial charge is 0.382 e. The highest BCUT2D eigenvalue weighted by atomic mass is 32.2. The monoisotopic (exact) mass is 178 g/mol. The van der Waals surface area contributed by atoms with E-state index in [-0.39, 0.29) is 5.75 Å². The summed E-state index contributed by atoms with van der Waals surface area (Å²) in [5.74, 6) is 0.135. The first-order valence-corrected chi connectivity index (χ1v) is 5.27. The maximum atomic E-state index is 10.8. The average molecular weight is 178 g/mol. The first-order chi connectivity index (χ1) is 5.12. The van der Waals surface area contributed by atoms with Crippen LogP contribution in [0.25, 0.3) is 0 Å². The molecule has 0 aliphatic carbocycles. The third-order valence-corrected chi connectivity index (χ3v) is 2.54. The van der Waals surface area contributed by atoms with Gasteiger partial charge >= 0.3 is 0 Å². The molecule has 0 aliphatic heterocycles. The molecule has 0 unspecified atom stereocenters. The summed E-state index contributed by atoms with van der Waals surface area (Å²) in [6.45, 7) is 6.22. The molecule has 11 heavy (non-hydrogen) atoms. The number of hydrogen-bond donors (Lipinski definition) is 0. The molecule has 3 nitrogen and oxygen atoms in total. The SMILES string of the molecule is C=CS(=O)(=O)CCCOCC. The summed E-state index contributed by atoms with van der Waals surface area (Å²) in [6, 6.07) is 0. The van der Waals surface area contributed by atoms with E-state index in [1.165, 1.54) is 0 Å². The highest BCUT2D eigenvalue weighted by Gasteiger charge is 2.02. The zero-order chi connectivity index (χ0) is 8.74. The summed E-state index contributed by atoms with van der Waals surface area (Å²) in [5, 5.41) is 0.985. The molecule has 0 saturated heterocycles. The standard InChI is InChI=1S/C7H14O3S/c1-3-10-6-5-7-11(8,9)4-2/h4H,2-3,5-7H2,1H3. The van der Waals surface area contributed by atoms with Gasteiger partial charge < -0.3 is 4.74 Å². The van der Waals surface area contributed by atoms with Crippen LogP contribution in [-0.2, 0) is 14.6 Å². The molecule has 0 radical (unpaired) electrons. The highest BCUT2D eigenvalue weighted by molar-refractivity contribution is 7.94. The van der Waals surface area contributed by atoms with Crippen molar-refractivity contribution in [2.45, 2.75) is 13.3 Å². The van der Waals surface area contributed by atoms with E-state index in [2.05, 4.69) is 6.58 Å². The fourth-order valence-corrected chi connectivity index (χ4v) is 1.28. The van der Waals surface area contributed by atoms with Gasteiger partial charge in [-0.05, 0) is 13.3 Å². The maximum absolute atomic E-state index is 10.8. The molecule has 0 fully saturated rings. The van der Waals surface area contributed by atoms with Crippen LogP contribution in [0.5, 0.6) is 0 Å². The predicted molar refractivity (Wildman–Crippen MR) is 45.1 cm³/mol. The lowest BCUT2D eigenvalue weighted by molar-refractivity contribution is 0.149. The van der Waals surface area contributed by atoms with Gasteiger partial charge in [0.15, 0.2) is 9.84 Å². The molecule has 66 valence electrons. The zero-order valence-corrected chi connectivity index (χ0v) is 7.56. The van der Waals surface area contributed by atoms with Crippen LogP contribution in [0, 0.1) is 0 Å². The van der Waals surface area contributed by atoms with Crippen LogP contribution in [0.15, 0.2) is 12.0 Å². The summed E-state index contributed by atoms with van der Waals surface area (Å²) in [6.07, 6.45) is 0.544. The maximum Gasteiger partial charge on any atom is 0.171 e. The van der Waals surface area contributed by atoms with Crippen molar-refractivity contribution in [2.24, 2.45) is 0 Å². The molecule has 0 bridgehead atoms. The molecule has 0 spiro atoms. The van der Waals surface area contributed by atoms with E-state index in [4.69, 9.17) is 4.74 Å². The van der Waals surface area contributed by atoms with Gasteiger partial charge in [-0.3, -0.25) is 0 Å². The van der Waals surface area contributed by atoms with Crippen LogP contribution in [-0.4, -0.2) is 27.4 Å². The average Bonchev–Trinajstić information content (AvgIpc) is 1.99. The van der Waals surface area contributed by atoms with E-state index in [9.17, 15) is 8.42 Å². The van der Waals surface area contributed by atoms with Gasteiger partial charge in [0.05, 0.1) is 5.75 Å². The van der Waals surface area contributed by atoms with Crippen molar-refractivity contribution in [1.82, 2.24) is 0 Å². The lowest BCUT2D eigenvalue weighted by Crippen LogP contribution is -2.05. The third-order valence-electron chi connectivity index (χ3n) is 1.18. The Morgan fingerprint density at radius 2 is 2.18 bits per heavy atom. The molecule has 0 saturated carbocycles. The van der Waals surface area contributed by atoms with Gasteiger partial charge in [-0.1, -0.05) is 6.58 Å². The van der Waals surface area contributed by atoms with Crippen molar-refractivity contribution in [1.29, 1.82) is 0 Å². The first-order valence-electron chi connectivity index (χ1n) is 3.55. The first kappa shape index (κ1) is 10.7. The minimum Gasteiger partial charge on any atom is -0.382 e. The van der Waals surface area contributed by atoms with Gasteiger partial charge in [0.2, 0.25) is 0 Å². The number of hydrogen-bond acceptors (Lipinski definition) is 3. The molecule has 0 amide bonds. The quantitative estimate of drug-likeness (QED) is 0.569. The van der Waals surface area contributed by atoms with Crippen molar-refractivity contribution in [3.8, 4) is 0 Å². The van der Waals surface area contributed by atoms with Gasteiger partial charge in [-0.25, -0.2) is 8.42 Å². The Morgan fingerprint density at radius 1 is 1.55 bits per heavy atom. The van der Waals surface area contributed by atoms with Gasteiger partial charge in [-0.15, -0.1) is 0 Å². The molecule has 0 N–H and O–H groups in total. The lowest BCUT2D eigenvalue weighted by atomic mass is 10.5. The fraction of sp³-hybridized carbons (Fsp3) is 0.714. The van der Waals surface area contributed by atoms with E-state index >= 15 is 0 Å². The summed E-state index contributed by atoms with van der Waals surface area (Å²) in [5.41, 5.74) is 0. The highest BCUT2D eigenvalue weighted by Crippen LogP contribution is 1.94. The summed E-state index contributed by atoms with van der Waals surface area (Å²) in [4.78, 5) is 0. The van der Waals surface area contributed by atoms with E-state index in [0.29, 0.717) is 19.6 Å². The molecule has 0 aromatic heterocycles. The molecule has 0 rings (SSSR count). The minimum absolute atomic E-state index is 0.135. The molecule has 0 aromatic carbocycles. The normalized spacial score (nSPS) is 11.4. The van der Waals surface area contributed by atoms with Crippen molar-refractivity contribution >= 4 is 9.84 Å². The van der Waals surface area contributed by atoms with Crippen LogP contribution < -0.4 is 0 Å². The molecule has 0 atom stereocenters. The van der Waals surface area contributed by atoms with Crippen molar-refractivity contribution in [3.05, 3.63) is 12.0 Å². The third kappa shape index (κ3) is 6.06. The second-order valence-corrected chi connectivity index (χ2v) is 4.15. The van der Waals surface area contributed by atoms with E-state index in [0.717, 1.165) is 5.41 Å². The Bertz CT molecular complexity index is 194. The minimum atomic E-state index is -3.02. The van der Waals surface area contributed by atoms with E-state index < -0.39 is 9.84 Å². The number of ether oxygens (including phenoxy) is 1. The topological polar surface area (TPSA) is 43.4 Å². The van der Waals surface area contributed by atoms with Crippen molar-refractivity contribution in [2.75, 3.05) is 19.0 Å². The number of rotatable bonds is 6. The van der Waals surface area contributed by atoms with E-state index in [1.54, 1.807) is 0 Å². The predicted octanol–water partition coefficient (Wildman–Crippen LogP) is 0.971. The Balaban J connectivity index is 3.47. The fourth-order valence-electron chi connectivity index (χ4n) is 0.590. The Kier molecular flexibility index (Phi) is 5.15. The van der Waals surface area contributed by atoms with Crippen LogP contribution in [0.1, 0.15) is 13.3 Å². The smallest absolute Gasteiger partial charge is 0.171 e. The second kappa shape index (κ2) is 5.32. The van der Waals surface area contributed by atoms with E-state index in [1.807, 2.05) is 6.92 Å². The lowest BCUT2D eigenvalue weighted by Gasteiger charge is -1.98. The van der Waals surface area contributed by atoms with Gasteiger partial charge in [-0.2, -0.15) is 0 Å². The second-order valence-electron chi connectivity index (χ2n) is 2.08. The Labute approximate surface area is 68.0 Å². The summed E-state index contributed by atoms with van der Waals surface area (Å²) < 4.78 is 26.6. The van der Waals surface area contributed by atoms with Crippen molar-refractivity contribution in [3.63, 3.8) is 0 Å². The zero-order valence-electron chi connectivity index (χ0n) is 6.75. The molecule has 4 heteroatoms. The van der Waals surface area contributed by atoms with Gasteiger partial charge in [0.1, 0.15) is 0 Å². The number of sulfone groups is 1.